The van der Waals surface area contributed by atoms with Gasteiger partial charge in [-0.1, -0.05) is 0 Å². The van der Waals surface area contributed by atoms with Crippen molar-refractivity contribution in [3.63, 3.8) is 0 Å². The van der Waals surface area contributed by atoms with Crippen LogP contribution in [0.1, 0.15) is 8.35 Å². The van der Waals surface area contributed by atoms with E-state index < -0.39 is 5.97 Å². The van der Waals surface area contributed by atoms with Crippen molar-refractivity contribution in [2.45, 2.75) is 6.92 Å². The molecule has 6 heavy (non-hydrogen) atoms. The van der Waals surface area contributed by atoms with E-state index in [0.717, 1.165) is 6.92 Å². The summed E-state index contributed by atoms with van der Waals surface area (Å²) in [5.41, 5.74) is 0. The first-order valence-corrected chi connectivity index (χ1v) is 0.928. The molecule has 0 bridgehead atoms. The fraction of sp³-hybridized carbons (Fsp3) is 0.500. The van der Waals surface area contributed by atoms with Crippen LogP contribution in [0.5, 0.6) is 0 Å². The van der Waals surface area contributed by atoms with Gasteiger partial charge in [-0.15, -0.1) is 0 Å². The summed E-state index contributed by atoms with van der Waals surface area (Å²) in [5.74, 6) is -0.833. The van der Waals surface area contributed by atoms with Crippen LogP contribution in [-0.2, 0) is 4.79 Å². The van der Waals surface area contributed by atoms with Crippen molar-refractivity contribution in [1.82, 2.24) is 0 Å². The van der Waals surface area contributed by atoms with Crippen molar-refractivity contribution < 1.29 is 40.9 Å². The van der Waals surface area contributed by atoms with E-state index in [-0.39, 0.29) is 39.4 Å². The summed E-state index contributed by atoms with van der Waals surface area (Å²) in [6.45, 7) is 1.08. The van der Waals surface area contributed by atoms with Crippen LogP contribution in [0.4, 0.5) is 0 Å². The van der Waals surface area contributed by atoms with Crippen molar-refractivity contribution in [1.29, 1.82) is 0 Å². The second-order valence-electron chi connectivity index (χ2n) is 0.519. The SMILES string of the molecule is CC(=O)O.[B].[H-].[Na+]. The van der Waals surface area contributed by atoms with Crippen LogP contribution in [0, 0.1) is 0 Å². The van der Waals surface area contributed by atoms with Gasteiger partial charge in [0.15, 0.2) is 0 Å². The largest absolute Gasteiger partial charge is 1.00 e. The minimum absolute atomic E-state index is 0. The summed E-state index contributed by atoms with van der Waals surface area (Å²) in [7, 11) is 0. The van der Waals surface area contributed by atoms with Crippen molar-refractivity contribution in [3.8, 4) is 0 Å². The summed E-state index contributed by atoms with van der Waals surface area (Å²) < 4.78 is 0. The van der Waals surface area contributed by atoms with E-state index >= 15 is 0 Å². The molecule has 0 unspecified atom stereocenters. The molecule has 0 aliphatic carbocycles. The number of carbonyl (C=O) groups is 1. The minimum atomic E-state index is -0.833. The third-order valence-electron chi connectivity index (χ3n) is 0. The van der Waals surface area contributed by atoms with E-state index in [4.69, 9.17) is 9.90 Å². The number of hydrogen-bond donors (Lipinski definition) is 1. The quantitative estimate of drug-likeness (QED) is 0.322. The second-order valence-corrected chi connectivity index (χ2v) is 0.519. The first-order chi connectivity index (χ1) is 1.73. The van der Waals surface area contributed by atoms with Gasteiger partial charge in [0.25, 0.3) is 5.97 Å². The van der Waals surface area contributed by atoms with E-state index in [2.05, 4.69) is 0 Å². The molecule has 2 nitrogen and oxygen atoms in total. The van der Waals surface area contributed by atoms with Gasteiger partial charge in [-0.25, -0.2) is 0 Å². The summed E-state index contributed by atoms with van der Waals surface area (Å²) in [6, 6.07) is 0. The predicted molar refractivity (Wildman–Crippen MR) is 20.2 cm³/mol. The van der Waals surface area contributed by atoms with Crippen LogP contribution in [0.3, 0.4) is 0 Å². The van der Waals surface area contributed by atoms with Gasteiger partial charge in [-0.3, -0.25) is 4.79 Å². The van der Waals surface area contributed by atoms with E-state index in [0.29, 0.717) is 0 Å². The average molecular weight is 94.9 g/mol. The first-order valence-electron chi connectivity index (χ1n) is 0.928. The predicted octanol–water partition coefficient (Wildman–Crippen LogP) is -3.17. The maximum absolute atomic E-state index is 9.00. The molecule has 3 radical (unpaired) electrons. The minimum Gasteiger partial charge on any atom is -1.00 e. The zero-order valence-electron chi connectivity index (χ0n) is 4.93. The van der Waals surface area contributed by atoms with Gasteiger partial charge in [0.1, 0.15) is 0 Å². The Morgan fingerprint density at radius 3 is 1.83 bits per heavy atom. The van der Waals surface area contributed by atoms with Gasteiger partial charge in [0.2, 0.25) is 0 Å². The standard InChI is InChI=1S/C2H4O2.B.Na.H/c1-2(3)4;;;/h1H3,(H,3,4);;;/q;;+1;-1. The summed E-state index contributed by atoms with van der Waals surface area (Å²) in [5, 5.41) is 7.42. The smallest absolute Gasteiger partial charge is 1.00 e. The molecule has 0 aliphatic heterocycles. The summed E-state index contributed by atoms with van der Waals surface area (Å²) in [6.07, 6.45) is 0. The monoisotopic (exact) mass is 95.0 g/mol. The van der Waals surface area contributed by atoms with Crippen molar-refractivity contribution in [3.05, 3.63) is 0 Å². The Bertz CT molecular complexity index is 38.7. The van der Waals surface area contributed by atoms with E-state index in [1.165, 1.54) is 0 Å². The van der Waals surface area contributed by atoms with Crippen LogP contribution >= 0.6 is 0 Å². The van der Waals surface area contributed by atoms with Crippen LogP contribution in [0.15, 0.2) is 0 Å². The molecule has 0 aliphatic rings. The first kappa shape index (κ1) is 16.0. The normalized spacial score (nSPS) is 4.17. The molecule has 0 fully saturated rings. The number of aliphatic carboxylic acids is 1. The Morgan fingerprint density at radius 2 is 1.83 bits per heavy atom. The Kier molecular flexibility index (Phi) is 24.3. The molecule has 0 saturated heterocycles. The van der Waals surface area contributed by atoms with Gasteiger partial charge in [0, 0.05) is 15.3 Å². The molecule has 0 aromatic rings. The third-order valence-corrected chi connectivity index (χ3v) is 0. The molecule has 0 rings (SSSR count). The van der Waals surface area contributed by atoms with Gasteiger partial charge in [0.05, 0.1) is 0 Å². The molecule has 0 spiro atoms. The molecule has 0 heterocycles. The number of hydrogen-bond acceptors (Lipinski definition) is 1. The maximum atomic E-state index is 9.00. The number of rotatable bonds is 0. The molecule has 0 aromatic carbocycles. The van der Waals surface area contributed by atoms with Gasteiger partial charge < -0.3 is 6.53 Å². The molecule has 0 atom stereocenters. The molecule has 29 valence electrons. The van der Waals surface area contributed by atoms with Gasteiger partial charge in [-0.05, 0) is 0 Å². The second kappa shape index (κ2) is 9.11. The van der Waals surface area contributed by atoms with Crippen LogP contribution in [0.2, 0.25) is 0 Å². The molecular formula is C2H5BNaO2. The molecule has 0 amide bonds. The Balaban J connectivity index is -0.0000000150. The fourth-order valence-electron chi connectivity index (χ4n) is 0. The van der Waals surface area contributed by atoms with Gasteiger partial charge in [-0.2, -0.15) is 0 Å². The van der Waals surface area contributed by atoms with E-state index in [1.54, 1.807) is 0 Å². The number of carboxylic acid groups (broad SMARTS) is 1. The Hall–Kier alpha value is 0.535. The zero-order chi connectivity index (χ0) is 3.58. The van der Waals surface area contributed by atoms with Gasteiger partial charge >= 0.3 is 29.6 Å². The summed E-state index contributed by atoms with van der Waals surface area (Å²) >= 11 is 0. The van der Waals surface area contributed by atoms with Crippen molar-refractivity contribution in [2.24, 2.45) is 0 Å². The molecular weight excluding hydrogens is 89.8 g/mol. The third kappa shape index (κ3) is 198. The van der Waals surface area contributed by atoms with Crippen LogP contribution in [-0.4, -0.2) is 19.5 Å². The molecule has 4 heteroatoms. The molecule has 0 saturated carbocycles. The molecule has 0 aromatic heterocycles. The molecule has 1 N–H and O–H groups in total. The van der Waals surface area contributed by atoms with Crippen LogP contribution in [0.25, 0.3) is 0 Å². The van der Waals surface area contributed by atoms with E-state index in [1.807, 2.05) is 0 Å². The number of carboxylic acids is 1. The fourth-order valence-corrected chi connectivity index (χ4v) is 0. The van der Waals surface area contributed by atoms with Crippen molar-refractivity contribution in [2.75, 3.05) is 0 Å². The Labute approximate surface area is 62.3 Å². The zero-order valence-corrected chi connectivity index (χ0v) is 5.93. The average Bonchev–Trinajstić information content (AvgIpc) is 0.811. The Morgan fingerprint density at radius 1 is 1.83 bits per heavy atom. The maximum Gasteiger partial charge on any atom is 1.00 e. The van der Waals surface area contributed by atoms with Crippen LogP contribution < -0.4 is 29.6 Å². The summed E-state index contributed by atoms with van der Waals surface area (Å²) in [4.78, 5) is 9.00. The topological polar surface area (TPSA) is 37.3 Å². The van der Waals surface area contributed by atoms with E-state index in [9.17, 15) is 0 Å². The van der Waals surface area contributed by atoms with Crippen molar-refractivity contribution >= 4 is 14.4 Å².